The Balaban J connectivity index is 2.08. The van der Waals surface area contributed by atoms with Crippen molar-refractivity contribution >= 4 is 5.97 Å². The Bertz CT molecular complexity index is 644. The number of carbonyl (C=O) groups is 1. The number of benzene rings is 1. The fourth-order valence-electron chi connectivity index (χ4n) is 2.73. The van der Waals surface area contributed by atoms with Crippen LogP contribution >= 0.6 is 0 Å². The van der Waals surface area contributed by atoms with Gasteiger partial charge >= 0.3 is 5.97 Å². The van der Waals surface area contributed by atoms with Crippen molar-refractivity contribution in [1.82, 2.24) is 9.78 Å². The third-order valence-electron chi connectivity index (χ3n) is 3.69. The summed E-state index contributed by atoms with van der Waals surface area (Å²) in [6.45, 7) is 2.63. The molecular formula is C15H16N2O2. The van der Waals surface area contributed by atoms with E-state index < -0.39 is 5.97 Å². The first kappa shape index (κ1) is 12.0. The van der Waals surface area contributed by atoms with Gasteiger partial charge in [0.1, 0.15) is 0 Å². The van der Waals surface area contributed by atoms with E-state index in [0.717, 1.165) is 24.1 Å². The van der Waals surface area contributed by atoms with Crippen LogP contribution in [0.4, 0.5) is 0 Å². The second-order valence-corrected chi connectivity index (χ2v) is 4.87. The summed E-state index contributed by atoms with van der Waals surface area (Å²) >= 11 is 0. The number of hydrogen-bond acceptors (Lipinski definition) is 2. The third kappa shape index (κ3) is 2.03. The van der Waals surface area contributed by atoms with Gasteiger partial charge in [0.25, 0.3) is 0 Å². The Morgan fingerprint density at radius 1 is 1.32 bits per heavy atom. The van der Waals surface area contributed by atoms with Gasteiger partial charge in [-0.3, -0.25) is 4.68 Å². The van der Waals surface area contributed by atoms with Gasteiger partial charge in [0, 0.05) is 12.1 Å². The molecule has 19 heavy (non-hydrogen) atoms. The molecule has 0 radical (unpaired) electrons. The average Bonchev–Trinajstić information content (AvgIpc) is 3.04. The van der Waals surface area contributed by atoms with Crippen LogP contribution in [0.15, 0.2) is 24.3 Å². The van der Waals surface area contributed by atoms with Crippen molar-refractivity contribution in [2.45, 2.75) is 32.7 Å². The Morgan fingerprint density at radius 3 is 2.84 bits per heavy atom. The lowest BCUT2D eigenvalue weighted by Crippen LogP contribution is -2.02. The summed E-state index contributed by atoms with van der Waals surface area (Å²) in [5.41, 5.74) is 4.86. The van der Waals surface area contributed by atoms with E-state index in [4.69, 9.17) is 5.11 Å². The quantitative estimate of drug-likeness (QED) is 0.918. The van der Waals surface area contributed by atoms with Crippen LogP contribution in [-0.4, -0.2) is 20.9 Å². The predicted molar refractivity (Wildman–Crippen MR) is 72.3 cm³/mol. The molecule has 1 aromatic heterocycles. The highest BCUT2D eigenvalue weighted by atomic mass is 16.4. The molecule has 98 valence electrons. The molecule has 0 fully saturated rings. The Kier molecular flexibility index (Phi) is 2.85. The summed E-state index contributed by atoms with van der Waals surface area (Å²) in [5.74, 6) is -0.977. The minimum atomic E-state index is -0.977. The Labute approximate surface area is 111 Å². The minimum Gasteiger partial charge on any atom is -0.476 e. The lowest BCUT2D eigenvalue weighted by atomic mass is 10.0. The van der Waals surface area contributed by atoms with Crippen LogP contribution in [-0.2, 0) is 19.4 Å². The van der Waals surface area contributed by atoms with Gasteiger partial charge in [-0.05, 0) is 49.4 Å². The number of carboxylic acid groups (broad SMARTS) is 1. The molecule has 4 heteroatoms. The van der Waals surface area contributed by atoms with E-state index >= 15 is 0 Å². The monoisotopic (exact) mass is 256 g/mol. The zero-order valence-corrected chi connectivity index (χ0v) is 10.9. The molecule has 0 atom stereocenters. The summed E-state index contributed by atoms with van der Waals surface area (Å²) in [4.78, 5) is 11.0. The molecule has 0 bridgehead atoms. The first-order valence-corrected chi connectivity index (χ1v) is 6.62. The summed E-state index contributed by atoms with van der Waals surface area (Å²) < 4.78 is 1.75. The van der Waals surface area contributed by atoms with Gasteiger partial charge in [0.15, 0.2) is 5.69 Å². The number of nitrogens with zero attached hydrogens (tertiary/aromatic N) is 2. The van der Waals surface area contributed by atoms with Crippen molar-refractivity contribution in [3.8, 4) is 11.3 Å². The maximum absolute atomic E-state index is 11.0. The van der Waals surface area contributed by atoms with Crippen LogP contribution in [0, 0.1) is 0 Å². The molecule has 0 unspecified atom stereocenters. The van der Waals surface area contributed by atoms with Crippen LogP contribution in [0.2, 0.25) is 0 Å². The van der Waals surface area contributed by atoms with E-state index in [1.165, 1.54) is 17.5 Å². The highest BCUT2D eigenvalue weighted by Crippen LogP contribution is 2.28. The molecule has 0 spiro atoms. The van der Waals surface area contributed by atoms with E-state index in [0.29, 0.717) is 6.54 Å². The van der Waals surface area contributed by atoms with E-state index in [1.54, 1.807) is 10.7 Å². The second-order valence-electron chi connectivity index (χ2n) is 4.87. The number of fused-ring (bicyclic) bond motifs is 1. The molecule has 1 heterocycles. The van der Waals surface area contributed by atoms with Crippen LogP contribution in [0.25, 0.3) is 11.3 Å². The third-order valence-corrected chi connectivity index (χ3v) is 3.69. The summed E-state index contributed by atoms with van der Waals surface area (Å²) in [7, 11) is 0. The maximum Gasteiger partial charge on any atom is 0.356 e. The molecule has 1 N–H and O–H groups in total. The van der Waals surface area contributed by atoms with Crippen molar-refractivity contribution in [2.75, 3.05) is 0 Å². The topological polar surface area (TPSA) is 55.1 Å². The predicted octanol–water partition coefficient (Wildman–Crippen LogP) is 2.76. The molecule has 1 aromatic carbocycles. The largest absolute Gasteiger partial charge is 0.476 e. The van der Waals surface area contributed by atoms with E-state index in [-0.39, 0.29) is 5.69 Å². The van der Waals surface area contributed by atoms with Crippen LogP contribution in [0.5, 0.6) is 0 Å². The zero-order valence-electron chi connectivity index (χ0n) is 10.9. The highest BCUT2D eigenvalue weighted by Gasteiger charge is 2.16. The van der Waals surface area contributed by atoms with E-state index in [1.807, 2.05) is 6.92 Å². The van der Waals surface area contributed by atoms with Crippen LogP contribution < -0.4 is 0 Å². The van der Waals surface area contributed by atoms with Gasteiger partial charge in [0.05, 0.1) is 5.69 Å². The summed E-state index contributed by atoms with van der Waals surface area (Å²) in [6.07, 6.45) is 3.49. The first-order chi connectivity index (χ1) is 9.19. The van der Waals surface area contributed by atoms with Crippen LogP contribution in [0.1, 0.15) is 35.0 Å². The fraction of sp³-hybridized carbons (Fsp3) is 0.333. The molecule has 0 saturated heterocycles. The number of aryl methyl sites for hydroxylation is 3. The normalized spacial score (nSPS) is 13.5. The van der Waals surface area contributed by atoms with Crippen LogP contribution in [0.3, 0.4) is 0 Å². The maximum atomic E-state index is 11.0. The van der Waals surface area contributed by atoms with Crippen molar-refractivity contribution in [3.05, 3.63) is 41.1 Å². The fourth-order valence-corrected chi connectivity index (χ4v) is 2.73. The lowest BCUT2D eigenvalue weighted by Gasteiger charge is -2.07. The van der Waals surface area contributed by atoms with Crippen molar-refractivity contribution in [2.24, 2.45) is 0 Å². The Morgan fingerprint density at radius 2 is 2.11 bits per heavy atom. The summed E-state index contributed by atoms with van der Waals surface area (Å²) in [6, 6.07) is 8.06. The number of hydrogen-bond donors (Lipinski definition) is 1. The lowest BCUT2D eigenvalue weighted by molar-refractivity contribution is 0.0689. The highest BCUT2D eigenvalue weighted by molar-refractivity contribution is 5.87. The van der Waals surface area contributed by atoms with Crippen molar-refractivity contribution in [3.63, 3.8) is 0 Å². The van der Waals surface area contributed by atoms with E-state index in [9.17, 15) is 4.79 Å². The molecular weight excluding hydrogens is 240 g/mol. The minimum absolute atomic E-state index is 0.109. The van der Waals surface area contributed by atoms with Gasteiger partial charge in [-0.25, -0.2) is 4.79 Å². The number of aromatic carboxylic acids is 1. The second kappa shape index (κ2) is 4.53. The Hall–Kier alpha value is -2.10. The standard InChI is InChI=1S/C15H16N2O2/c1-2-17-14(9-13(16-17)15(18)19)12-7-6-10-4-3-5-11(10)8-12/h6-9H,2-5H2,1H3,(H,18,19). The van der Waals surface area contributed by atoms with Gasteiger partial charge < -0.3 is 5.11 Å². The van der Waals surface area contributed by atoms with Gasteiger partial charge in [-0.1, -0.05) is 12.1 Å². The number of aromatic nitrogens is 2. The molecule has 0 saturated carbocycles. The van der Waals surface area contributed by atoms with Gasteiger partial charge in [0.2, 0.25) is 0 Å². The molecule has 3 rings (SSSR count). The first-order valence-electron chi connectivity index (χ1n) is 6.62. The molecule has 0 amide bonds. The van der Waals surface area contributed by atoms with E-state index in [2.05, 4.69) is 23.3 Å². The molecule has 2 aromatic rings. The molecule has 0 aliphatic heterocycles. The number of rotatable bonds is 3. The zero-order chi connectivity index (χ0) is 13.4. The average molecular weight is 256 g/mol. The van der Waals surface area contributed by atoms with Crippen molar-refractivity contribution in [1.29, 1.82) is 0 Å². The smallest absolute Gasteiger partial charge is 0.356 e. The number of carboxylic acids is 1. The van der Waals surface area contributed by atoms with Gasteiger partial charge in [-0.2, -0.15) is 5.10 Å². The molecule has 1 aliphatic carbocycles. The van der Waals surface area contributed by atoms with Gasteiger partial charge in [-0.15, -0.1) is 0 Å². The molecule has 1 aliphatic rings. The SMILES string of the molecule is CCn1nc(C(=O)O)cc1-c1ccc2c(c1)CCC2. The molecule has 4 nitrogen and oxygen atoms in total. The summed E-state index contributed by atoms with van der Waals surface area (Å²) in [5, 5.41) is 13.2. The van der Waals surface area contributed by atoms with Crippen molar-refractivity contribution < 1.29 is 9.90 Å².